The minimum atomic E-state index is -4.55. The molecule has 3 heterocycles. The molecular weight excluding hydrogens is 505 g/mol. The number of rotatable bonds is 5. The van der Waals surface area contributed by atoms with Crippen LogP contribution in [0, 0.1) is 11.8 Å². The first-order chi connectivity index (χ1) is 18.6. The lowest BCUT2D eigenvalue weighted by molar-refractivity contribution is -0.138. The van der Waals surface area contributed by atoms with Gasteiger partial charge in [-0.2, -0.15) is 18.3 Å². The van der Waals surface area contributed by atoms with Gasteiger partial charge in [-0.3, -0.25) is 14.7 Å². The molecule has 202 valence electrons. The average Bonchev–Trinajstić information content (AvgIpc) is 2.91. The lowest BCUT2D eigenvalue weighted by Gasteiger charge is -2.33. The average molecular weight is 535 g/mol. The van der Waals surface area contributed by atoms with Gasteiger partial charge < -0.3 is 10.2 Å². The second-order valence-corrected chi connectivity index (χ2v) is 9.22. The van der Waals surface area contributed by atoms with Crippen LogP contribution in [0.1, 0.15) is 34.0 Å². The van der Waals surface area contributed by atoms with E-state index in [-0.39, 0.29) is 23.4 Å². The lowest BCUT2D eigenvalue weighted by Crippen LogP contribution is -2.44. The monoisotopic (exact) mass is 534 g/mol. The van der Waals surface area contributed by atoms with Gasteiger partial charge in [0, 0.05) is 62.6 Å². The topological polar surface area (TPSA) is 64.1 Å². The van der Waals surface area contributed by atoms with Crippen molar-refractivity contribution in [2.24, 2.45) is 5.10 Å². The highest BCUT2D eigenvalue weighted by Gasteiger charge is 2.34. The van der Waals surface area contributed by atoms with E-state index in [0.29, 0.717) is 30.0 Å². The van der Waals surface area contributed by atoms with Gasteiger partial charge in [-0.1, -0.05) is 24.6 Å². The SMILES string of the molecule is C=C1C=CC=NN1/C(C#Cc1cncc(C(=O)Nc2ccc(CN3CCN(C)CC3)c(C(F)(F)F)c2)c1)=C\C. The van der Waals surface area contributed by atoms with Crippen LogP contribution in [0.4, 0.5) is 18.9 Å². The molecule has 2 aliphatic rings. The summed E-state index contributed by atoms with van der Waals surface area (Å²) < 4.78 is 41.7. The third-order valence-electron chi connectivity index (χ3n) is 6.33. The van der Waals surface area contributed by atoms with Crippen molar-refractivity contribution in [2.45, 2.75) is 19.6 Å². The molecular formula is C29H29F3N6O. The molecule has 0 atom stereocenters. The number of pyridine rings is 1. The van der Waals surface area contributed by atoms with E-state index in [4.69, 9.17) is 0 Å². The molecule has 0 saturated carbocycles. The third kappa shape index (κ3) is 7.22. The fraction of sp³-hybridized carbons (Fsp3) is 0.276. The molecule has 0 spiro atoms. The van der Waals surface area contributed by atoms with Gasteiger partial charge in [-0.15, -0.1) is 0 Å². The number of anilines is 1. The summed E-state index contributed by atoms with van der Waals surface area (Å²) in [5.41, 5.74) is 1.35. The first kappa shape index (κ1) is 27.8. The minimum absolute atomic E-state index is 0.0525. The normalized spacial score (nSPS) is 16.7. The number of carbonyl (C=O) groups is 1. The molecule has 39 heavy (non-hydrogen) atoms. The number of carbonyl (C=O) groups excluding carboxylic acids is 1. The van der Waals surface area contributed by atoms with Crippen LogP contribution in [-0.2, 0) is 12.7 Å². The maximum atomic E-state index is 13.9. The first-order valence-electron chi connectivity index (χ1n) is 12.4. The van der Waals surface area contributed by atoms with Crippen LogP contribution in [-0.4, -0.2) is 65.1 Å². The van der Waals surface area contributed by atoms with Crippen LogP contribution in [0.25, 0.3) is 0 Å². The van der Waals surface area contributed by atoms with Crippen molar-refractivity contribution in [1.29, 1.82) is 0 Å². The maximum Gasteiger partial charge on any atom is 0.416 e. The molecule has 1 N–H and O–H groups in total. The van der Waals surface area contributed by atoms with Gasteiger partial charge in [-0.25, -0.2) is 5.01 Å². The Morgan fingerprint density at radius 1 is 1.18 bits per heavy atom. The van der Waals surface area contributed by atoms with E-state index in [1.165, 1.54) is 30.6 Å². The van der Waals surface area contributed by atoms with E-state index < -0.39 is 17.6 Å². The lowest BCUT2D eigenvalue weighted by atomic mass is 10.0. The van der Waals surface area contributed by atoms with E-state index in [1.54, 1.807) is 29.5 Å². The second kappa shape index (κ2) is 12.1. The van der Waals surface area contributed by atoms with Gasteiger partial charge in [0.1, 0.15) is 5.70 Å². The van der Waals surface area contributed by atoms with Gasteiger partial charge in [0.2, 0.25) is 0 Å². The number of aromatic nitrogens is 1. The molecule has 4 rings (SSSR count). The van der Waals surface area contributed by atoms with Crippen LogP contribution in [0.3, 0.4) is 0 Å². The summed E-state index contributed by atoms with van der Waals surface area (Å²) in [6.45, 7) is 8.96. The zero-order chi connectivity index (χ0) is 28.0. The molecule has 1 fully saturated rings. The third-order valence-corrected chi connectivity index (χ3v) is 6.33. The van der Waals surface area contributed by atoms with Gasteiger partial charge >= 0.3 is 6.18 Å². The highest BCUT2D eigenvalue weighted by molar-refractivity contribution is 6.04. The number of amides is 1. The van der Waals surface area contributed by atoms with Gasteiger partial charge in [-0.05, 0) is 55.8 Å². The molecule has 2 aromatic rings. The fourth-order valence-electron chi connectivity index (χ4n) is 4.14. The summed E-state index contributed by atoms with van der Waals surface area (Å²) >= 11 is 0. The number of hydrazone groups is 1. The van der Waals surface area contributed by atoms with Gasteiger partial charge in [0.25, 0.3) is 5.91 Å². The fourth-order valence-corrected chi connectivity index (χ4v) is 4.14. The van der Waals surface area contributed by atoms with Crippen LogP contribution in [0.5, 0.6) is 0 Å². The number of alkyl halides is 3. The van der Waals surface area contributed by atoms with E-state index in [1.807, 2.05) is 18.9 Å². The number of nitrogens with one attached hydrogen (secondary N) is 1. The van der Waals surface area contributed by atoms with Gasteiger partial charge in [0.05, 0.1) is 16.8 Å². The smallest absolute Gasteiger partial charge is 0.322 e. The summed E-state index contributed by atoms with van der Waals surface area (Å²) in [4.78, 5) is 21.1. The second-order valence-electron chi connectivity index (χ2n) is 9.22. The summed E-state index contributed by atoms with van der Waals surface area (Å²) in [6.07, 6.45) is 5.26. The Bertz CT molecular complexity index is 1390. The van der Waals surface area contributed by atoms with E-state index >= 15 is 0 Å². The molecule has 1 saturated heterocycles. The molecule has 1 aromatic heterocycles. The highest BCUT2D eigenvalue weighted by atomic mass is 19.4. The largest absolute Gasteiger partial charge is 0.416 e. The zero-order valence-corrected chi connectivity index (χ0v) is 21.8. The Hall–Kier alpha value is -4.20. The van der Waals surface area contributed by atoms with Crippen molar-refractivity contribution >= 4 is 17.8 Å². The maximum absolute atomic E-state index is 13.9. The Kier molecular flexibility index (Phi) is 8.64. The first-order valence-corrected chi connectivity index (χ1v) is 12.4. The number of piperazine rings is 1. The summed E-state index contributed by atoms with van der Waals surface area (Å²) in [7, 11) is 1.99. The van der Waals surface area contributed by atoms with Crippen molar-refractivity contribution < 1.29 is 18.0 Å². The molecule has 0 bridgehead atoms. The number of benzene rings is 1. The molecule has 7 nitrogen and oxygen atoms in total. The molecule has 0 unspecified atom stereocenters. The predicted molar refractivity (Wildman–Crippen MR) is 146 cm³/mol. The molecule has 10 heteroatoms. The van der Waals surface area contributed by atoms with Crippen molar-refractivity contribution in [1.82, 2.24) is 19.8 Å². The van der Waals surface area contributed by atoms with E-state index in [0.717, 1.165) is 19.2 Å². The Morgan fingerprint density at radius 2 is 1.95 bits per heavy atom. The molecule has 1 aromatic carbocycles. The standard InChI is InChI=1S/C29H29F3N6O/c1-4-26(38-21(2)6-5-11-34-38)10-7-22-16-24(19-33-18-22)28(39)35-25-9-8-23(27(17-25)29(30,31)32)20-37-14-12-36(3)13-15-37/h4-6,8-9,11,16-19H,2,12-15,20H2,1,3H3,(H,35,39)/b26-4-. The van der Waals surface area contributed by atoms with Crippen molar-refractivity contribution in [3.63, 3.8) is 0 Å². The van der Waals surface area contributed by atoms with Gasteiger partial charge in [0.15, 0.2) is 0 Å². The Morgan fingerprint density at radius 3 is 2.64 bits per heavy atom. The Balaban J connectivity index is 1.49. The highest BCUT2D eigenvalue weighted by Crippen LogP contribution is 2.34. The van der Waals surface area contributed by atoms with Crippen LogP contribution in [0.15, 0.2) is 78.0 Å². The molecule has 1 amide bonds. The van der Waals surface area contributed by atoms with Crippen molar-refractivity contribution in [2.75, 3.05) is 38.5 Å². The summed E-state index contributed by atoms with van der Waals surface area (Å²) in [6, 6.07) is 5.44. The number of likely N-dealkylation sites (N-methyl/N-ethyl adjacent to an activating group) is 1. The quantitative estimate of drug-likeness (QED) is 0.563. The van der Waals surface area contributed by atoms with E-state index in [2.05, 4.69) is 38.7 Å². The number of halogens is 3. The molecule has 2 aliphatic heterocycles. The molecule has 0 aliphatic carbocycles. The summed E-state index contributed by atoms with van der Waals surface area (Å²) in [5, 5.41) is 8.39. The zero-order valence-electron chi connectivity index (χ0n) is 21.8. The minimum Gasteiger partial charge on any atom is -0.322 e. The van der Waals surface area contributed by atoms with Crippen LogP contribution in [0.2, 0.25) is 0 Å². The number of hydrogen-bond donors (Lipinski definition) is 1. The van der Waals surface area contributed by atoms with Crippen LogP contribution >= 0.6 is 0 Å². The van der Waals surface area contributed by atoms with E-state index in [9.17, 15) is 18.0 Å². The van der Waals surface area contributed by atoms with Crippen molar-refractivity contribution in [3.8, 4) is 11.8 Å². The molecule has 0 radical (unpaired) electrons. The van der Waals surface area contributed by atoms with Crippen molar-refractivity contribution in [3.05, 3.63) is 95.1 Å². The number of nitrogens with zero attached hydrogens (tertiary/aromatic N) is 5. The number of allylic oxidation sites excluding steroid dienone is 4. The predicted octanol–water partition coefficient (Wildman–Crippen LogP) is 4.73. The van der Waals surface area contributed by atoms with Crippen LogP contribution < -0.4 is 5.32 Å². The summed E-state index contributed by atoms with van der Waals surface area (Å²) in [5.74, 6) is 5.36. The number of hydrogen-bond acceptors (Lipinski definition) is 6. The Labute approximate surface area is 226 Å².